The van der Waals surface area contributed by atoms with Crippen LogP contribution in [0, 0.1) is 17.1 Å². The van der Waals surface area contributed by atoms with Gasteiger partial charge in [0.25, 0.3) is 0 Å². The van der Waals surface area contributed by atoms with E-state index in [-0.39, 0.29) is 11.1 Å². The highest BCUT2D eigenvalue weighted by atomic mass is 79.9. The summed E-state index contributed by atoms with van der Waals surface area (Å²) in [5, 5.41) is 9.09. The number of hydrogen-bond donors (Lipinski definition) is 0. The zero-order valence-corrected chi connectivity index (χ0v) is 12.1. The number of rotatable bonds is 2. The number of nitriles is 1. The van der Waals surface area contributed by atoms with Gasteiger partial charge in [-0.05, 0) is 50.1 Å². The summed E-state index contributed by atoms with van der Waals surface area (Å²) in [6, 6.07) is 9.79. The second-order valence-corrected chi connectivity index (χ2v) is 4.99. The summed E-state index contributed by atoms with van der Waals surface area (Å²) in [4.78, 5) is 0. The molecule has 2 aromatic rings. The second kappa shape index (κ2) is 5.51. The Morgan fingerprint density at radius 2 is 2.06 bits per heavy atom. The third kappa shape index (κ3) is 2.71. The molecule has 18 heavy (non-hydrogen) atoms. The quantitative estimate of drug-likeness (QED) is 0.697. The molecule has 0 amide bonds. The van der Waals surface area contributed by atoms with E-state index < -0.39 is 5.82 Å². The summed E-state index contributed by atoms with van der Waals surface area (Å²) in [6.45, 7) is 0. The van der Waals surface area contributed by atoms with Crippen LogP contribution in [0.1, 0.15) is 11.3 Å². The highest BCUT2D eigenvalue weighted by Gasteiger charge is 2.09. The van der Waals surface area contributed by atoms with Gasteiger partial charge in [-0.15, -0.1) is 0 Å². The standard InChI is InChI=1S/C13H6Br2FNO/c14-11-6-9(18-13(11)15)5-8(7-17)10-3-1-2-4-12(10)16/h1-6H/b8-5-. The zero-order chi connectivity index (χ0) is 13.1. The van der Waals surface area contributed by atoms with E-state index in [1.807, 2.05) is 6.07 Å². The SMILES string of the molecule is N#C/C(=C/c1cc(Br)c(Br)o1)c1ccccc1F. The first-order valence-electron chi connectivity index (χ1n) is 4.93. The van der Waals surface area contributed by atoms with Crippen molar-refractivity contribution >= 4 is 43.5 Å². The molecule has 0 aliphatic heterocycles. The van der Waals surface area contributed by atoms with Crippen molar-refractivity contribution in [1.82, 2.24) is 0 Å². The van der Waals surface area contributed by atoms with E-state index in [0.29, 0.717) is 10.4 Å². The summed E-state index contributed by atoms with van der Waals surface area (Å²) in [6.07, 6.45) is 1.49. The normalized spacial score (nSPS) is 11.3. The molecule has 0 fully saturated rings. The highest BCUT2D eigenvalue weighted by Crippen LogP contribution is 2.29. The maximum atomic E-state index is 13.6. The fourth-order valence-corrected chi connectivity index (χ4v) is 2.03. The minimum absolute atomic E-state index is 0.210. The largest absolute Gasteiger partial charge is 0.449 e. The predicted molar refractivity (Wildman–Crippen MR) is 74.0 cm³/mol. The van der Waals surface area contributed by atoms with Gasteiger partial charge >= 0.3 is 0 Å². The molecule has 0 aliphatic carbocycles. The van der Waals surface area contributed by atoms with Gasteiger partial charge in [0.2, 0.25) is 0 Å². The van der Waals surface area contributed by atoms with Crippen LogP contribution in [0.5, 0.6) is 0 Å². The molecule has 0 N–H and O–H groups in total. The minimum atomic E-state index is -0.435. The lowest BCUT2D eigenvalue weighted by Crippen LogP contribution is -1.86. The van der Waals surface area contributed by atoms with E-state index in [0.717, 1.165) is 4.47 Å². The van der Waals surface area contributed by atoms with Gasteiger partial charge in [0, 0.05) is 5.56 Å². The molecule has 90 valence electrons. The van der Waals surface area contributed by atoms with Crippen LogP contribution in [-0.2, 0) is 0 Å². The fraction of sp³-hybridized carbons (Fsp3) is 0. The molecule has 2 nitrogen and oxygen atoms in total. The van der Waals surface area contributed by atoms with E-state index >= 15 is 0 Å². The molecule has 0 saturated heterocycles. The summed E-state index contributed by atoms with van der Waals surface area (Å²) in [7, 11) is 0. The van der Waals surface area contributed by atoms with Gasteiger partial charge in [-0.2, -0.15) is 5.26 Å². The smallest absolute Gasteiger partial charge is 0.184 e. The molecular weight excluding hydrogens is 365 g/mol. The van der Waals surface area contributed by atoms with Gasteiger partial charge in [0.15, 0.2) is 4.67 Å². The van der Waals surface area contributed by atoms with Crippen molar-refractivity contribution in [3.8, 4) is 6.07 Å². The third-order valence-electron chi connectivity index (χ3n) is 2.24. The Hall–Kier alpha value is -1.38. The minimum Gasteiger partial charge on any atom is -0.449 e. The van der Waals surface area contributed by atoms with E-state index in [1.165, 1.54) is 12.1 Å². The summed E-state index contributed by atoms with van der Waals surface area (Å²) < 4.78 is 20.2. The predicted octanol–water partition coefficient (Wildman–Crippen LogP) is 5.01. The monoisotopic (exact) mass is 369 g/mol. The fourth-order valence-electron chi connectivity index (χ4n) is 1.43. The van der Waals surface area contributed by atoms with Gasteiger partial charge in [0.05, 0.1) is 16.1 Å². The average molecular weight is 371 g/mol. The lowest BCUT2D eigenvalue weighted by molar-refractivity contribution is 0.530. The molecule has 0 bridgehead atoms. The number of hydrogen-bond acceptors (Lipinski definition) is 2. The van der Waals surface area contributed by atoms with Gasteiger partial charge in [-0.25, -0.2) is 4.39 Å². The topological polar surface area (TPSA) is 36.9 Å². The number of benzene rings is 1. The van der Waals surface area contributed by atoms with Crippen LogP contribution in [0.2, 0.25) is 0 Å². The molecule has 2 rings (SSSR count). The molecule has 0 saturated carbocycles. The molecule has 1 heterocycles. The van der Waals surface area contributed by atoms with Gasteiger partial charge in [0.1, 0.15) is 11.6 Å². The van der Waals surface area contributed by atoms with Crippen LogP contribution in [0.3, 0.4) is 0 Å². The first kappa shape index (κ1) is 13.1. The molecule has 0 unspecified atom stereocenters. The zero-order valence-electron chi connectivity index (χ0n) is 8.95. The average Bonchev–Trinajstić information content (AvgIpc) is 2.66. The van der Waals surface area contributed by atoms with Crippen molar-refractivity contribution in [2.75, 3.05) is 0 Å². The second-order valence-electron chi connectivity index (χ2n) is 3.42. The molecule has 0 atom stereocenters. The van der Waals surface area contributed by atoms with Crippen molar-refractivity contribution in [1.29, 1.82) is 5.26 Å². The molecule has 1 aromatic heterocycles. The molecule has 0 spiro atoms. The molecule has 5 heteroatoms. The van der Waals surface area contributed by atoms with Crippen LogP contribution >= 0.6 is 31.9 Å². The number of nitrogens with zero attached hydrogens (tertiary/aromatic N) is 1. The van der Waals surface area contributed by atoms with Crippen molar-refractivity contribution in [3.05, 3.63) is 56.6 Å². The third-order valence-corrected chi connectivity index (χ3v) is 3.95. The van der Waals surface area contributed by atoms with Gasteiger partial charge < -0.3 is 4.42 Å². The van der Waals surface area contributed by atoms with E-state index in [1.54, 1.807) is 24.3 Å². The first-order chi connectivity index (χ1) is 8.61. The van der Waals surface area contributed by atoms with Crippen LogP contribution in [0.4, 0.5) is 4.39 Å². The number of halogens is 3. The van der Waals surface area contributed by atoms with Crippen LogP contribution in [-0.4, -0.2) is 0 Å². The van der Waals surface area contributed by atoms with Crippen LogP contribution < -0.4 is 0 Å². The summed E-state index contributed by atoms with van der Waals surface area (Å²) in [5.41, 5.74) is 0.463. The highest BCUT2D eigenvalue weighted by molar-refractivity contribution is 9.13. The molecule has 0 radical (unpaired) electrons. The Bertz CT molecular complexity index is 636. The Morgan fingerprint density at radius 3 is 2.61 bits per heavy atom. The lowest BCUT2D eigenvalue weighted by atomic mass is 10.1. The molecular formula is C13H6Br2FNO. The van der Waals surface area contributed by atoms with E-state index in [2.05, 4.69) is 31.9 Å². The Balaban J connectivity index is 2.47. The lowest BCUT2D eigenvalue weighted by Gasteiger charge is -1.99. The Labute approximate surface area is 120 Å². The summed E-state index contributed by atoms with van der Waals surface area (Å²) in [5.74, 6) is 0.0311. The van der Waals surface area contributed by atoms with Crippen molar-refractivity contribution in [2.24, 2.45) is 0 Å². The number of furan rings is 1. The van der Waals surface area contributed by atoms with Crippen molar-refractivity contribution in [3.63, 3.8) is 0 Å². The van der Waals surface area contributed by atoms with Gasteiger partial charge in [-0.3, -0.25) is 0 Å². The first-order valence-corrected chi connectivity index (χ1v) is 6.52. The molecule has 1 aromatic carbocycles. The maximum absolute atomic E-state index is 13.6. The van der Waals surface area contributed by atoms with Gasteiger partial charge in [-0.1, -0.05) is 18.2 Å². The van der Waals surface area contributed by atoms with Crippen molar-refractivity contribution < 1.29 is 8.81 Å². The van der Waals surface area contributed by atoms with E-state index in [9.17, 15) is 4.39 Å². The summed E-state index contributed by atoms with van der Waals surface area (Å²) >= 11 is 6.47. The Morgan fingerprint density at radius 1 is 1.33 bits per heavy atom. The maximum Gasteiger partial charge on any atom is 0.184 e. The Kier molecular flexibility index (Phi) is 4.00. The van der Waals surface area contributed by atoms with Crippen LogP contribution in [0.15, 0.2) is 43.9 Å². The van der Waals surface area contributed by atoms with Crippen molar-refractivity contribution in [2.45, 2.75) is 0 Å². The molecule has 0 aliphatic rings. The number of allylic oxidation sites excluding steroid dienone is 1. The van der Waals surface area contributed by atoms with Crippen LogP contribution in [0.25, 0.3) is 11.6 Å². The van der Waals surface area contributed by atoms with E-state index in [4.69, 9.17) is 9.68 Å².